The summed E-state index contributed by atoms with van der Waals surface area (Å²) in [4.78, 5) is 14.1. The second kappa shape index (κ2) is 6.24. The summed E-state index contributed by atoms with van der Waals surface area (Å²) in [5, 5.41) is 2.95. The summed E-state index contributed by atoms with van der Waals surface area (Å²) in [5.74, 6) is 0.103. The SMILES string of the molecule is Cc1ccc([C@H](C)NC(=O)C2=CN3CCS(=O)(=O)N=C3C=C2)cc1. The maximum absolute atomic E-state index is 12.4. The minimum absolute atomic E-state index is 0.0461. The maximum Gasteiger partial charge on any atom is 0.256 e. The Balaban J connectivity index is 1.71. The molecule has 3 rings (SSSR count). The highest BCUT2D eigenvalue weighted by Gasteiger charge is 2.25. The monoisotopic (exact) mass is 345 g/mol. The molecule has 2 aliphatic heterocycles. The second-order valence-corrected chi connectivity index (χ2v) is 7.71. The van der Waals surface area contributed by atoms with E-state index in [0.717, 1.165) is 5.56 Å². The van der Waals surface area contributed by atoms with Crippen LogP contribution in [0.5, 0.6) is 0 Å². The van der Waals surface area contributed by atoms with Crippen molar-refractivity contribution in [3.63, 3.8) is 0 Å². The van der Waals surface area contributed by atoms with Crippen LogP contribution in [0.1, 0.15) is 24.1 Å². The van der Waals surface area contributed by atoms with Gasteiger partial charge >= 0.3 is 0 Å². The van der Waals surface area contributed by atoms with Gasteiger partial charge in [-0.3, -0.25) is 4.79 Å². The number of amidine groups is 1. The molecule has 7 heteroatoms. The molecule has 2 aliphatic rings. The number of carbonyl (C=O) groups excluding carboxylic acids is 1. The molecular weight excluding hydrogens is 326 g/mol. The average molecular weight is 345 g/mol. The van der Waals surface area contributed by atoms with Gasteiger partial charge in [-0.25, -0.2) is 8.42 Å². The molecule has 0 spiro atoms. The van der Waals surface area contributed by atoms with Crippen LogP contribution in [0.2, 0.25) is 0 Å². The first kappa shape index (κ1) is 16.4. The van der Waals surface area contributed by atoms with Crippen LogP contribution >= 0.6 is 0 Å². The molecule has 0 saturated carbocycles. The van der Waals surface area contributed by atoms with E-state index in [1.165, 1.54) is 5.56 Å². The van der Waals surface area contributed by atoms with Crippen LogP contribution in [0.4, 0.5) is 0 Å². The quantitative estimate of drug-likeness (QED) is 0.904. The van der Waals surface area contributed by atoms with Gasteiger partial charge in [0.2, 0.25) is 0 Å². The van der Waals surface area contributed by atoms with Crippen molar-refractivity contribution in [1.29, 1.82) is 0 Å². The van der Waals surface area contributed by atoms with E-state index in [0.29, 0.717) is 18.0 Å². The van der Waals surface area contributed by atoms with Crippen molar-refractivity contribution in [2.45, 2.75) is 19.9 Å². The van der Waals surface area contributed by atoms with E-state index >= 15 is 0 Å². The standard InChI is InChI=1S/C17H19N3O3S/c1-12-3-5-14(6-4-12)13(2)18-17(21)15-7-8-16-19-24(22,23)10-9-20(16)11-15/h3-8,11,13H,9-10H2,1-2H3,(H,18,21)/t13-/m0/s1. The van der Waals surface area contributed by atoms with Crippen molar-refractivity contribution in [2.24, 2.45) is 4.40 Å². The predicted molar refractivity (Wildman–Crippen MR) is 92.9 cm³/mol. The Morgan fingerprint density at radius 1 is 1.25 bits per heavy atom. The Hall–Kier alpha value is -2.41. The highest BCUT2D eigenvalue weighted by atomic mass is 32.2. The summed E-state index contributed by atoms with van der Waals surface area (Å²) in [5.41, 5.74) is 2.68. The number of carbonyl (C=O) groups is 1. The van der Waals surface area contributed by atoms with Crippen LogP contribution < -0.4 is 5.32 Å². The lowest BCUT2D eigenvalue weighted by Gasteiger charge is -2.27. The molecule has 1 atom stereocenters. The smallest absolute Gasteiger partial charge is 0.256 e. The molecule has 24 heavy (non-hydrogen) atoms. The normalized spacial score (nSPS) is 19.8. The third-order valence-electron chi connectivity index (χ3n) is 4.01. The molecule has 1 N–H and O–H groups in total. The number of nitrogens with one attached hydrogen (secondary N) is 1. The van der Waals surface area contributed by atoms with Crippen molar-refractivity contribution < 1.29 is 13.2 Å². The van der Waals surface area contributed by atoms with Crippen molar-refractivity contribution >= 4 is 21.8 Å². The fraction of sp³-hybridized carbons (Fsp3) is 0.294. The molecule has 0 aliphatic carbocycles. The summed E-state index contributed by atoms with van der Waals surface area (Å²) >= 11 is 0. The molecule has 0 radical (unpaired) electrons. The van der Waals surface area contributed by atoms with Crippen LogP contribution in [-0.4, -0.2) is 37.4 Å². The summed E-state index contributed by atoms with van der Waals surface area (Å²) in [6, 6.07) is 7.88. The van der Waals surface area contributed by atoms with Crippen molar-refractivity contribution in [3.05, 3.63) is 59.3 Å². The molecule has 0 bridgehead atoms. The van der Waals surface area contributed by atoms with Gasteiger partial charge in [-0.15, -0.1) is 4.40 Å². The lowest BCUT2D eigenvalue weighted by Crippen LogP contribution is -2.38. The molecule has 1 amide bonds. The molecule has 0 saturated heterocycles. The summed E-state index contributed by atoms with van der Waals surface area (Å²) in [6.07, 6.45) is 4.79. The number of sulfonamides is 1. The maximum atomic E-state index is 12.4. The minimum Gasteiger partial charge on any atom is -0.345 e. The minimum atomic E-state index is -3.38. The van der Waals surface area contributed by atoms with Gasteiger partial charge < -0.3 is 10.2 Å². The van der Waals surface area contributed by atoms with E-state index in [1.807, 2.05) is 38.1 Å². The van der Waals surface area contributed by atoms with Gasteiger partial charge in [0.1, 0.15) is 5.84 Å². The second-order valence-electron chi connectivity index (χ2n) is 5.95. The van der Waals surface area contributed by atoms with Crippen molar-refractivity contribution in [2.75, 3.05) is 12.3 Å². The number of benzene rings is 1. The van der Waals surface area contributed by atoms with Crippen LogP contribution in [-0.2, 0) is 14.8 Å². The molecule has 6 nitrogen and oxygen atoms in total. The third kappa shape index (κ3) is 3.56. The number of fused-ring (bicyclic) bond motifs is 1. The molecule has 0 fully saturated rings. The molecule has 1 aromatic carbocycles. The van der Waals surface area contributed by atoms with Gasteiger partial charge in [0.05, 0.1) is 17.4 Å². The highest BCUT2D eigenvalue weighted by molar-refractivity contribution is 7.90. The van der Waals surface area contributed by atoms with E-state index in [-0.39, 0.29) is 17.7 Å². The van der Waals surface area contributed by atoms with Crippen LogP contribution in [0.15, 0.2) is 52.6 Å². The predicted octanol–water partition coefficient (Wildman–Crippen LogP) is 1.67. The van der Waals surface area contributed by atoms with Gasteiger partial charge in [0.15, 0.2) is 0 Å². The highest BCUT2D eigenvalue weighted by Crippen LogP contribution is 2.18. The van der Waals surface area contributed by atoms with Crippen molar-refractivity contribution in [3.8, 4) is 0 Å². The topological polar surface area (TPSA) is 78.8 Å². The number of nitrogens with zero attached hydrogens (tertiary/aromatic N) is 2. The van der Waals surface area contributed by atoms with Crippen LogP contribution in [0, 0.1) is 6.92 Å². The Kier molecular flexibility index (Phi) is 4.28. The van der Waals surface area contributed by atoms with Gasteiger partial charge in [0.25, 0.3) is 15.9 Å². The zero-order valence-corrected chi connectivity index (χ0v) is 14.4. The van der Waals surface area contributed by atoms with E-state index < -0.39 is 10.0 Å². The third-order valence-corrected chi connectivity index (χ3v) is 5.17. The Morgan fingerprint density at radius 3 is 2.67 bits per heavy atom. The first-order chi connectivity index (χ1) is 11.3. The molecule has 0 aromatic heterocycles. The Morgan fingerprint density at radius 2 is 1.96 bits per heavy atom. The molecule has 0 unspecified atom stereocenters. The van der Waals surface area contributed by atoms with E-state index in [1.54, 1.807) is 23.3 Å². The Bertz CT molecular complexity index is 852. The molecular formula is C17H19N3O3S. The first-order valence-electron chi connectivity index (χ1n) is 7.71. The van der Waals surface area contributed by atoms with Crippen LogP contribution in [0.25, 0.3) is 0 Å². The summed E-state index contributed by atoms with van der Waals surface area (Å²) < 4.78 is 26.7. The number of rotatable bonds is 3. The molecule has 1 aromatic rings. The number of hydrogen-bond acceptors (Lipinski definition) is 4. The lowest BCUT2D eigenvalue weighted by atomic mass is 10.1. The van der Waals surface area contributed by atoms with Gasteiger partial charge in [0, 0.05) is 12.7 Å². The summed E-state index contributed by atoms with van der Waals surface area (Å²) in [7, 11) is -3.38. The largest absolute Gasteiger partial charge is 0.345 e. The van der Waals surface area contributed by atoms with Gasteiger partial charge in [-0.1, -0.05) is 29.8 Å². The molecule has 2 heterocycles. The Labute approximate surface area is 141 Å². The van der Waals surface area contributed by atoms with E-state index in [4.69, 9.17) is 0 Å². The summed E-state index contributed by atoms with van der Waals surface area (Å²) in [6.45, 7) is 4.24. The van der Waals surface area contributed by atoms with Crippen molar-refractivity contribution in [1.82, 2.24) is 10.2 Å². The van der Waals surface area contributed by atoms with Gasteiger partial charge in [-0.2, -0.15) is 0 Å². The average Bonchev–Trinajstić information content (AvgIpc) is 2.54. The van der Waals surface area contributed by atoms with E-state index in [9.17, 15) is 13.2 Å². The molecule has 126 valence electrons. The fourth-order valence-corrected chi connectivity index (χ4v) is 3.52. The lowest BCUT2D eigenvalue weighted by molar-refractivity contribution is -0.117. The zero-order chi connectivity index (χ0) is 17.3. The van der Waals surface area contributed by atoms with Gasteiger partial charge in [-0.05, 0) is 31.6 Å². The van der Waals surface area contributed by atoms with Crippen LogP contribution in [0.3, 0.4) is 0 Å². The number of aryl methyl sites for hydroxylation is 1. The number of amides is 1. The fourth-order valence-electron chi connectivity index (χ4n) is 2.55. The zero-order valence-electron chi connectivity index (χ0n) is 13.6. The number of hydrogen-bond donors (Lipinski definition) is 1. The first-order valence-corrected chi connectivity index (χ1v) is 9.31. The van der Waals surface area contributed by atoms with E-state index in [2.05, 4.69) is 9.71 Å².